The van der Waals surface area contributed by atoms with E-state index in [4.69, 9.17) is 30.6 Å². The van der Waals surface area contributed by atoms with Gasteiger partial charge in [0, 0.05) is 0 Å². The minimum atomic E-state index is -2.38. The van der Waals surface area contributed by atoms with E-state index in [1.165, 1.54) is 14.1 Å². The Morgan fingerprint density at radius 2 is 1.38 bits per heavy atom. The lowest BCUT2D eigenvalue weighted by Gasteiger charge is -2.27. The zero-order valence-electron chi connectivity index (χ0n) is 11.3. The number of nitrogens with zero attached hydrogens (tertiary/aromatic N) is 3. The SMILES string of the molecule is C[N+](C)(c1ccccc1)C(F)F.N.O=[N+]([O-])O.O=[N+]([O-])[O-]. The van der Waals surface area contributed by atoms with Crippen molar-refractivity contribution in [2.24, 2.45) is 0 Å². The molecular weight excluding hydrogens is 298 g/mol. The first kappa shape index (κ1) is 23.5. The van der Waals surface area contributed by atoms with Crippen molar-refractivity contribution >= 4 is 5.69 Å². The minimum absolute atomic E-state index is 0. The standard InChI is InChI=1S/C9H12F2N.HNO3.NO3.H3N/c1-12(2,9(10)11)8-6-4-3-5-7-8;2*2-1(3)4;/h3-7,9H,1-2H3;(H,2,3,4);;1H3/q+1;;-1;. The summed E-state index contributed by atoms with van der Waals surface area (Å²) in [6.07, 6.45) is 0. The van der Waals surface area contributed by atoms with E-state index in [1.807, 2.05) is 6.07 Å². The molecule has 0 aliphatic heterocycles. The van der Waals surface area contributed by atoms with Crippen LogP contribution >= 0.6 is 0 Å². The van der Waals surface area contributed by atoms with E-state index >= 15 is 0 Å². The van der Waals surface area contributed by atoms with E-state index in [2.05, 4.69) is 0 Å². The van der Waals surface area contributed by atoms with Crippen LogP contribution in [0.1, 0.15) is 0 Å². The molecule has 1 aromatic rings. The van der Waals surface area contributed by atoms with Gasteiger partial charge in [0.15, 0.2) is 0 Å². The second-order valence-corrected chi connectivity index (χ2v) is 3.61. The van der Waals surface area contributed by atoms with Gasteiger partial charge >= 0.3 is 6.55 Å². The van der Waals surface area contributed by atoms with E-state index in [0.29, 0.717) is 5.69 Å². The third kappa shape index (κ3) is 13.6. The Bertz CT molecular complexity index is 398. The summed E-state index contributed by atoms with van der Waals surface area (Å²) in [4.78, 5) is 16.6. The quantitative estimate of drug-likeness (QED) is 0.364. The topological polar surface area (TPSA) is 165 Å². The van der Waals surface area contributed by atoms with Crippen molar-refractivity contribution < 1.29 is 24.2 Å². The molecule has 0 aromatic heterocycles. The molecule has 0 radical (unpaired) electrons. The molecule has 122 valence electrons. The summed E-state index contributed by atoms with van der Waals surface area (Å²) in [6, 6.07) is 8.74. The van der Waals surface area contributed by atoms with Crippen LogP contribution in [0.3, 0.4) is 0 Å². The minimum Gasteiger partial charge on any atom is -0.356 e. The molecular formula is C9H16F2N4O6. The number of alkyl halides is 2. The predicted molar refractivity (Wildman–Crippen MR) is 70.3 cm³/mol. The van der Waals surface area contributed by atoms with Crippen molar-refractivity contribution in [1.82, 2.24) is 10.6 Å². The molecule has 0 unspecified atom stereocenters. The first-order valence-electron chi connectivity index (χ1n) is 4.84. The molecule has 12 heteroatoms. The number of quaternary nitrogens is 1. The summed E-state index contributed by atoms with van der Waals surface area (Å²) in [5.74, 6) is 0. The van der Waals surface area contributed by atoms with Crippen LogP contribution in [-0.2, 0) is 0 Å². The van der Waals surface area contributed by atoms with Gasteiger partial charge in [0.25, 0.3) is 5.09 Å². The van der Waals surface area contributed by atoms with Crippen molar-refractivity contribution in [2.75, 3.05) is 14.1 Å². The van der Waals surface area contributed by atoms with Gasteiger partial charge in [-0.05, 0) is 12.1 Å². The summed E-state index contributed by atoms with van der Waals surface area (Å²) in [6.45, 7) is -2.38. The molecule has 0 spiro atoms. The maximum absolute atomic E-state index is 12.5. The van der Waals surface area contributed by atoms with Gasteiger partial charge in [-0.3, -0.25) is 0 Å². The molecule has 0 fully saturated rings. The molecule has 0 heterocycles. The smallest absolute Gasteiger partial charge is 0.356 e. The molecule has 0 saturated carbocycles. The van der Waals surface area contributed by atoms with E-state index in [-0.39, 0.29) is 10.6 Å². The van der Waals surface area contributed by atoms with Crippen LogP contribution < -0.4 is 10.6 Å². The lowest BCUT2D eigenvalue weighted by molar-refractivity contribution is -0.742. The van der Waals surface area contributed by atoms with Gasteiger partial charge in [-0.2, -0.15) is 8.78 Å². The highest BCUT2D eigenvalue weighted by Crippen LogP contribution is 2.22. The zero-order valence-corrected chi connectivity index (χ0v) is 11.3. The number of benzene rings is 1. The molecule has 0 aliphatic carbocycles. The molecule has 1 aromatic carbocycles. The molecule has 1 rings (SSSR count). The first-order valence-corrected chi connectivity index (χ1v) is 4.84. The highest BCUT2D eigenvalue weighted by Gasteiger charge is 2.29. The maximum atomic E-state index is 12.5. The van der Waals surface area contributed by atoms with Crippen molar-refractivity contribution in [3.63, 3.8) is 0 Å². The van der Waals surface area contributed by atoms with Gasteiger partial charge < -0.3 is 26.7 Å². The fourth-order valence-corrected chi connectivity index (χ4v) is 0.925. The van der Waals surface area contributed by atoms with Gasteiger partial charge in [-0.25, -0.2) is 4.48 Å². The van der Waals surface area contributed by atoms with Crippen molar-refractivity contribution in [3.05, 3.63) is 55.8 Å². The Morgan fingerprint density at radius 1 is 1.10 bits per heavy atom. The van der Waals surface area contributed by atoms with E-state index in [0.717, 1.165) is 0 Å². The van der Waals surface area contributed by atoms with Crippen molar-refractivity contribution in [3.8, 4) is 0 Å². The Morgan fingerprint density at radius 3 is 1.62 bits per heavy atom. The maximum Gasteiger partial charge on any atom is 0.385 e. The predicted octanol–water partition coefficient (Wildman–Crippen LogP) is 2.05. The second kappa shape index (κ2) is 11.2. The third-order valence-corrected chi connectivity index (χ3v) is 1.91. The average Bonchev–Trinajstić information content (AvgIpc) is 2.28. The summed E-state index contributed by atoms with van der Waals surface area (Å²) in [5, 5.41) is 28.4. The Kier molecular flexibility index (Phi) is 12.6. The van der Waals surface area contributed by atoms with Gasteiger partial charge in [0.2, 0.25) is 0 Å². The number of hydrogen-bond acceptors (Lipinski definition) is 6. The largest absolute Gasteiger partial charge is 0.385 e. The molecule has 10 nitrogen and oxygen atoms in total. The van der Waals surface area contributed by atoms with Gasteiger partial charge in [-0.15, -0.1) is 10.1 Å². The van der Waals surface area contributed by atoms with E-state index in [1.54, 1.807) is 24.3 Å². The van der Waals surface area contributed by atoms with Crippen LogP contribution in [0.2, 0.25) is 0 Å². The number of para-hydroxylation sites is 1. The van der Waals surface area contributed by atoms with Crippen LogP contribution in [-0.4, -0.2) is 36.0 Å². The molecule has 4 N–H and O–H groups in total. The normalized spacial score (nSPS) is 9.19. The number of hydrogen-bond donors (Lipinski definition) is 2. The highest BCUT2D eigenvalue weighted by molar-refractivity contribution is 5.40. The van der Waals surface area contributed by atoms with Crippen molar-refractivity contribution in [2.45, 2.75) is 6.55 Å². The fourth-order valence-electron chi connectivity index (χ4n) is 0.925. The monoisotopic (exact) mass is 314 g/mol. The zero-order chi connectivity index (χ0) is 16.3. The Balaban J connectivity index is -0.000000304. The Hall–Kier alpha value is -2.60. The summed E-state index contributed by atoms with van der Waals surface area (Å²) >= 11 is 0. The molecule has 0 aliphatic rings. The van der Waals surface area contributed by atoms with Crippen molar-refractivity contribution in [1.29, 1.82) is 0 Å². The molecule has 0 amide bonds. The first-order chi connectivity index (χ1) is 9.01. The molecule has 0 saturated heterocycles. The molecule has 21 heavy (non-hydrogen) atoms. The lowest BCUT2D eigenvalue weighted by Crippen LogP contribution is -2.45. The number of halogens is 2. The van der Waals surface area contributed by atoms with E-state index in [9.17, 15) is 8.78 Å². The highest BCUT2D eigenvalue weighted by atomic mass is 19.3. The third-order valence-electron chi connectivity index (χ3n) is 1.91. The summed E-state index contributed by atoms with van der Waals surface area (Å²) in [7, 11) is 2.97. The van der Waals surface area contributed by atoms with Crippen LogP contribution in [0.4, 0.5) is 14.5 Å². The van der Waals surface area contributed by atoms with Crippen LogP contribution in [0.25, 0.3) is 0 Å². The Labute approximate surface area is 118 Å². The molecule has 0 atom stereocenters. The van der Waals surface area contributed by atoms with E-state index < -0.39 is 16.7 Å². The molecule has 0 bridgehead atoms. The van der Waals surface area contributed by atoms with Crippen LogP contribution in [0, 0.1) is 25.4 Å². The summed E-state index contributed by atoms with van der Waals surface area (Å²) < 4.78 is 24.6. The van der Waals surface area contributed by atoms with Crippen LogP contribution in [0.15, 0.2) is 30.3 Å². The number of rotatable bonds is 2. The fraction of sp³-hybridized carbons (Fsp3) is 0.333. The van der Waals surface area contributed by atoms with Gasteiger partial charge in [0.05, 0.1) is 19.2 Å². The average molecular weight is 314 g/mol. The van der Waals surface area contributed by atoms with Gasteiger partial charge in [0.1, 0.15) is 5.69 Å². The summed E-state index contributed by atoms with van der Waals surface area (Å²) in [5.41, 5.74) is 0.618. The lowest BCUT2D eigenvalue weighted by atomic mass is 10.3. The second-order valence-electron chi connectivity index (χ2n) is 3.61. The van der Waals surface area contributed by atoms with Crippen LogP contribution in [0.5, 0.6) is 0 Å². The van der Waals surface area contributed by atoms with Gasteiger partial charge in [-0.1, -0.05) is 18.2 Å².